The summed E-state index contributed by atoms with van der Waals surface area (Å²) in [5.41, 5.74) is 4.57. The molecule has 0 aliphatic carbocycles. The minimum Gasteiger partial charge on any atom is -0.512 e. The van der Waals surface area contributed by atoms with Crippen molar-refractivity contribution in [1.29, 1.82) is 0 Å². The maximum atomic E-state index is 11.7. The number of benzene rings is 4. The molecule has 46 heavy (non-hydrogen) atoms. The van der Waals surface area contributed by atoms with Crippen molar-refractivity contribution in [3.63, 3.8) is 0 Å². The van der Waals surface area contributed by atoms with Crippen LogP contribution in [0, 0.1) is 17.9 Å². The van der Waals surface area contributed by atoms with Crippen molar-refractivity contribution in [3.8, 4) is 11.3 Å². The summed E-state index contributed by atoms with van der Waals surface area (Å²) in [6.45, 7) is 12.5. The number of hydrogen-bond donors (Lipinski definition) is 1. The summed E-state index contributed by atoms with van der Waals surface area (Å²) in [5, 5.41) is 16.4. The molecular weight excluding hydrogens is 749 g/mol. The van der Waals surface area contributed by atoms with Gasteiger partial charge in [0.15, 0.2) is 5.78 Å². The van der Waals surface area contributed by atoms with E-state index >= 15 is 0 Å². The second kappa shape index (κ2) is 15.6. The summed E-state index contributed by atoms with van der Waals surface area (Å²) >= 11 is 0. The van der Waals surface area contributed by atoms with Crippen LogP contribution >= 0.6 is 0 Å². The second-order valence-corrected chi connectivity index (χ2v) is 12.0. The van der Waals surface area contributed by atoms with Gasteiger partial charge in [0.2, 0.25) is 5.71 Å². The number of nitrogens with zero attached hydrogens (tertiary/aromatic N) is 2. The Hall–Kier alpha value is -3.86. The summed E-state index contributed by atoms with van der Waals surface area (Å²) in [7, 11) is 0. The number of allylic oxidation sites excluding steroid dienone is 2. The molecule has 6 rings (SSSR count). The molecule has 0 aliphatic heterocycles. The van der Waals surface area contributed by atoms with Crippen LogP contribution in [0.25, 0.3) is 54.9 Å². The monoisotopic (exact) mass is 792 g/mol. The zero-order valence-corrected chi connectivity index (χ0v) is 30.0. The maximum absolute atomic E-state index is 11.7. The molecule has 0 saturated carbocycles. The molecule has 4 aromatic carbocycles. The van der Waals surface area contributed by atoms with Crippen LogP contribution in [0.5, 0.6) is 0 Å². The van der Waals surface area contributed by atoms with E-state index in [4.69, 9.17) is 9.40 Å². The predicted molar refractivity (Wildman–Crippen MR) is 187 cm³/mol. The molecule has 0 bridgehead atoms. The molecule has 241 valence electrons. The van der Waals surface area contributed by atoms with Crippen LogP contribution in [0.15, 0.2) is 89.3 Å². The van der Waals surface area contributed by atoms with E-state index in [9.17, 15) is 9.90 Å². The fraction of sp³-hybridized carbons (Fsp3) is 0.325. The van der Waals surface area contributed by atoms with Gasteiger partial charge in [-0.1, -0.05) is 101 Å². The van der Waals surface area contributed by atoms with Crippen LogP contribution < -0.4 is 0 Å². The Morgan fingerprint density at radius 3 is 2.17 bits per heavy atom. The normalized spacial score (nSPS) is 11.9. The van der Waals surface area contributed by atoms with Gasteiger partial charge >= 0.3 is 0 Å². The van der Waals surface area contributed by atoms with Gasteiger partial charge in [-0.25, -0.2) is 4.98 Å². The summed E-state index contributed by atoms with van der Waals surface area (Å²) in [6, 6.07) is 26.7. The van der Waals surface area contributed by atoms with Crippen molar-refractivity contribution in [1.82, 2.24) is 9.97 Å². The van der Waals surface area contributed by atoms with Gasteiger partial charge in [0.1, 0.15) is 11.9 Å². The van der Waals surface area contributed by atoms with Gasteiger partial charge in [-0.15, -0.1) is 29.1 Å². The standard InChI is InChI=1S/C27H19N2O.C13H24O2.Ir/c1-16(2)22-14-19(13-18-8-4-5-9-20(18)22)26-25-24-21-10-6-3-7-17(21)11-12-23(24)30-27(25)29-15-28-26;1-5-10(6-2)12(14)9-13(15)11(7-3)8-4;/h3-12,14-16H,1-2H3;9-11,14H,5-8H2,1-4H3;/q-1;;/b;12-9-;. The number of carbonyl (C=O) groups is 1. The summed E-state index contributed by atoms with van der Waals surface area (Å²) in [6.07, 6.45) is 6.49. The zero-order chi connectivity index (χ0) is 32.1. The SMILES string of the molecule is CC(C)c1cc(-c2ncnc3oc4ccc5ccccc5c4c23)[c-]c2ccccc12.CCC(CC)C(=O)/C=C(\O)C(CC)CC.[Ir]. The fourth-order valence-electron chi connectivity index (χ4n) is 6.22. The fourth-order valence-corrected chi connectivity index (χ4v) is 6.22. The molecule has 1 N–H and O–H groups in total. The molecule has 2 aromatic heterocycles. The topological polar surface area (TPSA) is 76.2 Å². The maximum Gasteiger partial charge on any atom is 0.223 e. The first kappa shape index (κ1) is 35.0. The molecule has 5 nitrogen and oxygen atoms in total. The molecule has 6 heteroatoms. The van der Waals surface area contributed by atoms with Crippen molar-refractivity contribution in [2.45, 2.75) is 73.1 Å². The van der Waals surface area contributed by atoms with Crippen LogP contribution in [-0.2, 0) is 24.9 Å². The number of carbonyl (C=O) groups excluding carboxylic acids is 1. The average Bonchev–Trinajstić information content (AvgIpc) is 3.45. The Morgan fingerprint density at radius 2 is 1.50 bits per heavy atom. The Morgan fingerprint density at radius 1 is 0.848 bits per heavy atom. The quantitative estimate of drug-likeness (QED) is 0.0896. The van der Waals surface area contributed by atoms with E-state index in [1.54, 1.807) is 6.33 Å². The van der Waals surface area contributed by atoms with E-state index in [1.165, 1.54) is 22.4 Å². The summed E-state index contributed by atoms with van der Waals surface area (Å²) in [4.78, 5) is 20.9. The predicted octanol–water partition coefficient (Wildman–Crippen LogP) is 11.1. The molecular formula is C40H43IrN2O3-. The first-order valence-electron chi connectivity index (χ1n) is 16.3. The van der Waals surface area contributed by atoms with E-state index in [0.717, 1.165) is 64.1 Å². The van der Waals surface area contributed by atoms with Crippen molar-refractivity contribution in [3.05, 3.63) is 96.5 Å². The Balaban J connectivity index is 0.000000259. The summed E-state index contributed by atoms with van der Waals surface area (Å²) in [5.74, 6) is 0.939. The third-order valence-electron chi connectivity index (χ3n) is 8.93. The number of ketones is 1. The minimum atomic E-state index is 0. The zero-order valence-electron chi connectivity index (χ0n) is 27.6. The smallest absolute Gasteiger partial charge is 0.223 e. The molecule has 0 saturated heterocycles. The number of aliphatic hydroxyl groups is 1. The molecule has 0 atom stereocenters. The number of rotatable bonds is 9. The van der Waals surface area contributed by atoms with Gasteiger partial charge in [0, 0.05) is 54.5 Å². The molecule has 0 unspecified atom stereocenters. The minimum absolute atomic E-state index is 0. The van der Waals surface area contributed by atoms with Gasteiger partial charge in [-0.2, -0.15) is 0 Å². The van der Waals surface area contributed by atoms with Crippen LogP contribution in [0.4, 0.5) is 0 Å². The van der Waals surface area contributed by atoms with Crippen molar-refractivity contribution in [2.75, 3.05) is 0 Å². The molecule has 6 aromatic rings. The van der Waals surface area contributed by atoms with Gasteiger partial charge in [-0.05, 0) is 48.4 Å². The first-order chi connectivity index (χ1) is 21.8. The molecule has 1 radical (unpaired) electrons. The van der Waals surface area contributed by atoms with E-state index in [0.29, 0.717) is 11.6 Å². The van der Waals surface area contributed by atoms with E-state index in [1.807, 2.05) is 33.8 Å². The van der Waals surface area contributed by atoms with Crippen molar-refractivity contribution < 1.29 is 34.4 Å². The largest absolute Gasteiger partial charge is 0.512 e. The number of furan rings is 1. The molecule has 2 heterocycles. The van der Waals surface area contributed by atoms with Crippen LogP contribution in [-0.4, -0.2) is 20.9 Å². The average molecular weight is 792 g/mol. The van der Waals surface area contributed by atoms with Crippen molar-refractivity contribution >= 4 is 49.4 Å². The third kappa shape index (κ3) is 7.09. The Labute approximate surface area is 285 Å². The number of fused-ring (bicyclic) bond motifs is 6. The third-order valence-corrected chi connectivity index (χ3v) is 8.93. The Bertz CT molecular complexity index is 1980. The van der Waals surface area contributed by atoms with Crippen LogP contribution in [0.1, 0.15) is 78.7 Å². The van der Waals surface area contributed by atoms with E-state index < -0.39 is 0 Å². The first-order valence-corrected chi connectivity index (χ1v) is 16.3. The molecule has 0 aliphatic rings. The van der Waals surface area contributed by atoms with Gasteiger partial charge in [0.25, 0.3) is 0 Å². The summed E-state index contributed by atoms with van der Waals surface area (Å²) < 4.78 is 6.12. The van der Waals surface area contributed by atoms with E-state index in [-0.39, 0.29) is 43.5 Å². The van der Waals surface area contributed by atoms with E-state index in [2.05, 4.69) is 85.6 Å². The molecule has 0 spiro atoms. The van der Waals surface area contributed by atoms with Gasteiger partial charge in [-0.3, -0.25) is 9.78 Å². The molecule has 0 fully saturated rings. The number of aliphatic hydroxyl groups excluding tert-OH is 1. The van der Waals surface area contributed by atoms with Crippen molar-refractivity contribution in [2.24, 2.45) is 11.8 Å². The second-order valence-electron chi connectivity index (χ2n) is 12.0. The number of hydrogen-bond acceptors (Lipinski definition) is 5. The number of aromatic nitrogens is 2. The van der Waals surface area contributed by atoms with Crippen LogP contribution in [0.2, 0.25) is 0 Å². The van der Waals surface area contributed by atoms with Gasteiger partial charge in [0.05, 0.1) is 5.76 Å². The van der Waals surface area contributed by atoms with Gasteiger partial charge < -0.3 is 9.52 Å². The molecule has 0 amide bonds. The van der Waals surface area contributed by atoms with Crippen LogP contribution in [0.3, 0.4) is 0 Å². The Kier molecular flexibility index (Phi) is 11.9.